The van der Waals surface area contributed by atoms with Gasteiger partial charge in [0.05, 0.1) is 10.9 Å². The molecule has 3 heterocycles. The van der Waals surface area contributed by atoms with Crippen LogP contribution in [0, 0.1) is 5.82 Å². The fourth-order valence-corrected chi connectivity index (χ4v) is 2.83. The molecule has 2 aromatic heterocycles. The van der Waals surface area contributed by atoms with Gasteiger partial charge >= 0.3 is 0 Å². The Kier molecular flexibility index (Phi) is 4.04. The van der Waals surface area contributed by atoms with Crippen molar-refractivity contribution in [2.45, 2.75) is 13.8 Å². The van der Waals surface area contributed by atoms with Crippen LogP contribution in [0.5, 0.6) is 0 Å². The maximum atomic E-state index is 14.5. The Morgan fingerprint density at radius 1 is 1.21 bits per heavy atom. The molecule has 0 saturated carbocycles. The van der Waals surface area contributed by atoms with Gasteiger partial charge < -0.3 is 14.8 Å². The number of carbonyl (C=O) groups is 2. The van der Waals surface area contributed by atoms with E-state index in [4.69, 9.17) is 0 Å². The van der Waals surface area contributed by atoms with Gasteiger partial charge in [0, 0.05) is 39.3 Å². The predicted molar refractivity (Wildman–Crippen MR) is 86.8 cm³/mol. The molecule has 0 spiro atoms. The first kappa shape index (κ1) is 16.1. The molecule has 126 valence electrons. The van der Waals surface area contributed by atoms with Crippen molar-refractivity contribution in [3.63, 3.8) is 0 Å². The summed E-state index contributed by atoms with van der Waals surface area (Å²) in [6, 6.07) is 1.11. The lowest BCUT2D eigenvalue weighted by atomic mass is 10.1. The maximum absolute atomic E-state index is 14.5. The van der Waals surface area contributed by atoms with Gasteiger partial charge in [0.25, 0.3) is 0 Å². The minimum Gasteiger partial charge on any atom is -0.351 e. The minimum atomic E-state index is -0.620. The van der Waals surface area contributed by atoms with Crippen molar-refractivity contribution in [2.75, 3.05) is 31.1 Å². The van der Waals surface area contributed by atoms with Crippen LogP contribution in [-0.2, 0) is 4.79 Å². The van der Waals surface area contributed by atoms with Crippen LogP contribution in [0.2, 0.25) is 0 Å². The zero-order valence-corrected chi connectivity index (χ0v) is 13.4. The number of H-pyrrole nitrogens is 1. The van der Waals surface area contributed by atoms with Crippen LogP contribution >= 0.6 is 0 Å². The van der Waals surface area contributed by atoms with Crippen molar-refractivity contribution in [1.29, 1.82) is 0 Å². The molecule has 24 heavy (non-hydrogen) atoms. The van der Waals surface area contributed by atoms with Gasteiger partial charge in [-0.05, 0) is 13.0 Å². The molecule has 0 atom stereocenters. The Hall–Kier alpha value is -2.77. The van der Waals surface area contributed by atoms with E-state index in [-0.39, 0.29) is 34.1 Å². The Labute approximate surface area is 137 Å². The normalized spacial score (nSPS) is 15.0. The van der Waals surface area contributed by atoms with Crippen LogP contribution in [0.3, 0.4) is 0 Å². The molecule has 3 rings (SSSR count). The lowest BCUT2D eigenvalue weighted by Crippen LogP contribution is -2.48. The highest BCUT2D eigenvalue weighted by molar-refractivity contribution is 5.96. The summed E-state index contributed by atoms with van der Waals surface area (Å²) in [6.07, 6.45) is 1.30. The van der Waals surface area contributed by atoms with E-state index in [2.05, 4.69) is 9.97 Å². The number of anilines is 1. The van der Waals surface area contributed by atoms with Gasteiger partial charge in [-0.25, -0.2) is 9.37 Å². The van der Waals surface area contributed by atoms with E-state index in [1.165, 1.54) is 20.0 Å². The highest BCUT2D eigenvalue weighted by Crippen LogP contribution is 2.21. The Bertz CT molecular complexity index is 885. The van der Waals surface area contributed by atoms with Crippen LogP contribution < -0.4 is 10.3 Å². The molecule has 0 bridgehead atoms. The number of Topliss-reactive ketones (excluding diaryl/α,β-unsaturated/α-hetero) is 1. The number of nitrogens with zero attached hydrogens (tertiary/aromatic N) is 3. The van der Waals surface area contributed by atoms with Crippen LogP contribution in [0.4, 0.5) is 10.2 Å². The number of fused-ring (bicyclic) bond motifs is 1. The summed E-state index contributed by atoms with van der Waals surface area (Å²) in [5.41, 5.74) is -0.322. The number of piperazine rings is 1. The topological polar surface area (TPSA) is 86.4 Å². The van der Waals surface area contributed by atoms with E-state index in [1.807, 2.05) is 0 Å². The van der Waals surface area contributed by atoms with Gasteiger partial charge in [-0.1, -0.05) is 0 Å². The summed E-state index contributed by atoms with van der Waals surface area (Å²) in [4.78, 5) is 45.4. The largest absolute Gasteiger partial charge is 0.351 e. The van der Waals surface area contributed by atoms with Gasteiger partial charge in [0.2, 0.25) is 11.3 Å². The lowest BCUT2D eigenvalue weighted by molar-refractivity contribution is -0.129. The third-order valence-electron chi connectivity index (χ3n) is 4.20. The first-order chi connectivity index (χ1) is 11.4. The number of hydrogen-bond acceptors (Lipinski definition) is 5. The summed E-state index contributed by atoms with van der Waals surface area (Å²) < 4.78 is 14.5. The molecule has 7 nitrogen and oxygen atoms in total. The number of ketones is 1. The first-order valence-corrected chi connectivity index (χ1v) is 7.62. The van der Waals surface area contributed by atoms with Crippen LogP contribution in [-0.4, -0.2) is 52.7 Å². The summed E-state index contributed by atoms with van der Waals surface area (Å²) in [7, 11) is 0. The molecule has 0 aromatic carbocycles. The molecule has 1 amide bonds. The number of amides is 1. The summed E-state index contributed by atoms with van der Waals surface area (Å²) in [5, 5.41) is 0.0475. The van der Waals surface area contributed by atoms with Gasteiger partial charge in [0.1, 0.15) is 5.65 Å². The van der Waals surface area contributed by atoms with E-state index in [1.54, 1.807) is 9.80 Å². The molecule has 1 aliphatic rings. The van der Waals surface area contributed by atoms with Crippen molar-refractivity contribution in [2.24, 2.45) is 0 Å². The SMILES string of the molecule is CC(=O)c1c[nH]c2nc(N3CCN(C(C)=O)CC3)c(F)cc2c1=O. The number of aromatic amines is 1. The molecule has 0 unspecified atom stereocenters. The molecular formula is C16H17FN4O3. The van der Waals surface area contributed by atoms with Gasteiger partial charge in [-0.3, -0.25) is 14.4 Å². The Morgan fingerprint density at radius 2 is 1.88 bits per heavy atom. The molecule has 2 aromatic rings. The minimum absolute atomic E-state index is 0.0114. The molecule has 1 saturated heterocycles. The third-order valence-corrected chi connectivity index (χ3v) is 4.20. The highest BCUT2D eigenvalue weighted by Gasteiger charge is 2.23. The van der Waals surface area contributed by atoms with Crippen LogP contribution in [0.15, 0.2) is 17.1 Å². The van der Waals surface area contributed by atoms with E-state index < -0.39 is 11.2 Å². The quantitative estimate of drug-likeness (QED) is 0.827. The number of carbonyl (C=O) groups excluding carboxylic acids is 2. The number of aromatic nitrogens is 2. The van der Waals surface area contributed by atoms with Gasteiger partial charge in [-0.2, -0.15) is 0 Å². The zero-order valence-electron chi connectivity index (χ0n) is 13.4. The van der Waals surface area contributed by atoms with Crippen molar-refractivity contribution in [3.8, 4) is 0 Å². The van der Waals surface area contributed by atoms with Crippen molar-refractivity contribution in [3.05, 3.63) is 33.9 Å². The van der Waals surface area contributed by atoms with E-state index in [9.17, 15) is 18.8 Å². The number of hydrogen-bond donors (Lipinski definition) is 1. The molecule has 1 fully saturated rings. The molecular weight excluding hydrogens is 315 g/mol. The fourth-order valence-electron chi connectivity index (χ4n) is 2.83. The van der Waals surface area contributed by atoms with Crippen LogP contribution in [0.25, 0.3) is 11.0 Å². The number of pyridine rings is 2. The summed E-state index contributed by atoms with van der Waals surface area (Å²) in [5.74, 6) is -0.882. The van der Waals surface area contributed by atoms with Crippen molar-refractivity contribution < 1.29 is 14.0 Å². The van der Waals surface area contributed by atoms with E-state index >= 15 is 0 Å². The standard InChI is InChI=1S/C16H17FN4O3/c1-9(22)12-8-18-15-11(14(12)24)7-13(17)16(19-15)21-5-3-20(4-6-21)10(2)23/h7-8H,3-6H2,1-2H3,(H,18,19,24). The monoisotopic (exact) mass is 332 g/mol. The molecule has 1 N–H and O–H groups in total. The molecule has 1 aliphatic heterocycles. The average Bonchev–Trinajstić information content (AvgIpc) is 2.55. The maximum Gasteiger partial charge on any atom is 0.219 e. The highest BCUT2D eigenvalue weighted by atomic mass is 19.1. The number of halogens is 1. The lowest BCUT2D eigenvalue weighted by Gasteiger charge is -2.35. The second-order valence-electron chi connectivity index (χ2n) is 5.77. The third kappa shape index (κ3) is 2.75. The molecule has 8 heteroatoms. The Balaban J connectivity index is 1.98. The number of rotatable bonds is 2. The van der Waals surface area contributed by atoms with Gasteiger partial charge in [-0.15, -0.1) is 0 Å². The predicted octanol–water partition coefficient (Wildman–Crippen LogP) is 0.933. The second-order valence-corrected chi connectivity index (χ2v) is 5.77. The number of nitrogens with one attached hydrogen (secondary N) is 1. The van der Waals surface area contributed by atoms with Gasteiger partial charge in [0.15, 0.2) is 17.4 Å². The van der Waals surface area contributed by atoms with Crippen LogP contribution in [0.1, 0.15) is 24.2 Å². The average molecular weight is 332 g/mol. The molecule has 0 radical (unpaired) electrons. The summed E-state index contributed by atoms with van der Waals surface area (Å²) >= 11 is 0. The van der Waals surface area contributed by atoms with E-state index in [0.29, 0.717) is 26.2 Å². The second kappa shape index (κ2) is 6.03. The zero-order chi connectivity index (χ0) is 17.4. The van der Waals surface area contributed by atoms with Crippen molar-refractivity contribution in [1.82, 2.24) is 14.9 Å². The fraction of sp³-hybridized carbons (Fsp3) is 0.375. The smallest absolute Gasteiger partial charge is 0.219 e. The molecule has 0 aliphatic carbocycles. The Morgan fingerprint density at radius 3 is 2.46 bits per heavy atom. The van der Waals surface area contributed by atoms with E-state index in [0.717, 1.165) is 6.07 Å². The summed E-state index contributed by atoms with van der Waals surface area (Å²) in [6.45, 7) is 4.70. The van der Waals surface area contributed by atoms with Crippen molar-refractivity contribution >= 4 is 28.5 Å². The first-order valence-electron chi connectivity index (χ1n) is 7.62.